The van der Waals surface area contributed by atoms with Gasteiger partial charge < -0.3 is 67.2 Å². The number of alkyl halides is 2. The Hall–Kier alpha value is -4.28. The summed E-state index contributed by atoms with van der Waals surface area (Å²) in [5.74, 6) is -1.32. The van der Waals surface area contributed by atoms with Crippen LogP contribution in [0.3, 0.4) is 0 Å². The van der Waals surface area contributed by atoms with Crippen LogP contribution in [0.1, 0.15) is 142 Å². The van der Waals surface area contributed by atoms with E-state index >= 15 is 0 Å². The van der Waals surface area contributed by atoms with E-state index in [0.29, 0.717) is 24.3 Å². The van der Waals surface area contributed by atoms with Gasteiger partial charge in [0.2, 0.25) is 0 Å². The van der Waals surface area contributed by atoms with E-state index in [9.17, 15) is 82.1 Å². The number of aromatic amines is 3. The summed E-state index contributed by atoms with van der Waals surface area (Å²) in [4.78, 5) is 122. The first-order chi connectivity index (χ1) is 47.8. The van der Waals surface area contributed by atoms with Gasteiger partial charge in [-0.25, -0.2) is 29.6 Å². The number of aromatic nitrogens is 6. The van der Waals surface area contributed by atoms with Gasteiger partial charge in [0.1, 0.15) is 70.1 Å². The number of halogens is 2. The Balaban J connectivity index is 0.000000328. The van der Waals surface area contributed by atoms with Gasteiger partial charge in [-0.15, -0.1) is 23.2 Å². The van der Waals surface area contributed by atoms with Gasteiger partial charge in [0, 0.05) is 54.0 Å². The highest BCUT2D eigenvalue weighted by Gasteiger charge is 2.57. The van der Waals surface area contributed by atoms with E-state index in [0.717, 1.165) is 72.2 Å². The molecule has 6 heterocycles. The van der Waals surface area contributed by atoms with E-state index in [4.69, 9.17) is 69.9 Å². The Bertz CT molecular complexity index is 3680. The summed E-state index contributed by atoms with van der Waals surface area (Å²) in [6.45, 7) is 12.2. The van der Waals surface area contributed by atoms with Crippen LogP contribution in [-0.2, 0) is 79.6 Å². The van der Waals surface area contributed by atoms with E-state index in [-0.39, 0.29) is 44.2 Å². The van der Waals surface area contributed by atoms with Crippen molar-refractivity contribution in [2.45, 2.75) is 230 Å². The van der Waals surface area contributed by atoms with Crippen LogP contribution in [0.15, 0.2) is 65.6 Å². The molecular formula is C59H96Cl2N9O27P3S3. The lowest BCUT2D eigenvalue weighted by Crippen LogP contribution is -2.46. The molecule has 0 spiro atoms. The van der Waals surface area contributed by atoms with Crippen LogP contribution < -0.4 is 49.0 Å². The third kappa shape index (κ3) is 26.5. The molecule has 0 amide bonds. The molecule has 44 heteroatoms. The summed E-state index contributed by atoms with van der Waals surface area (Å²) in [6.07, 6.45) is -7.33. The van der Waals surface area contributed by atoms with Crippen molar-refractivity contribution in [1.29, 1.82) is 0 Å². The summed E-state index contributed by atoms with van der Waals surface area (Å²) in [5, 5.41) is 51.0. The topological polar surface area (TPSA) is 493 Å². The Morgan fingerprint density at radius 1 is 0.524 bits per heavy atom. The molecule has 18 atom stereocenters. The molecule has 586 valence electrons. The molecule has 0 aromatic carbocycles. The molecule has 36 nitrogen and oxygen atoms in total. The van der Waals surface area contributed by atoms with Crippen molar-refractivity contribution in [1.82, 2.24) is 43.9 Å². The molecule has 103 heavy (non-hydrogen) atoms. The maximum absolute atomic E-state index is 13.6. The van der Waals surface area contributed by atoms with E-state index < -0.39 is 179 Å². The Labute approximate surface area is 615 Å². The first-order valence-electron chi connectivity index (χ1n) is 32.6. The molecule has 6 rings (SSSR count). The van der Waals surface area contributed by atoms with Crippen molar-refractivity contribution in [2.24, 2.45) is 0 Å². The number of carbonyl (C=O) groups is 4. The van der Waals surface area contributed by atoms with Crippen LogP contribution in [0.4, 0.5) is 0 Å². The highest BCUT2D eigenvalue weighted by Crippen LogP contribution is 2.60. The monoisotopic (exact) mass is 1620 g/mol. The Morgan fingerprint density at radius 3 is 1.11 bits per heavy atom. The van der Waals surface area contributed by atoms with Crippen molar-refractivity contribution in [3.63, 3.8) is 0 Å². The molecule has 3 aromatic heterocycles. The van der Waals surface area contributed by atoms with Gasteiger partial charge in [0.05, 0.1) is 51.2 Å². The number of aliphatic hydroxyl groups excluding tert-OH is 3. The van der Waals surface area contributed by atoms with Crippen LogP contribution in [0, 0.1) is 0 Å². The molecule has 0 saturated carbocycles. The third-order valence-electron chi connectivity index (χ3n) is 14.7. The SMILES string of the molecule is CCCS[P@@](=O)(N[C@@H](C)C(=O)OC(C)C)OC[C@H]1O[C@@H](n2ccc(=O)[nH]c2=O)[C@](C)(Cl)[C@@H]1O.CCCS[P@](=O)(N[C@@H](C)C(=O)OC(C)C)OC[C@H]1O[C@@H](n2ccc(=O)[nH]c2=O)[C@](C)(Cl)[C@@H]1O.CCOC(=O)CCSP(=O)(NC(C)C(=O)OC(C)C)OC[C@H]1O[C@@H](n2ccc(=O)[nH]c2=O)[C@](C)(O)[C@@H]1O. The molecule has 3 fully saturated rings. The van der Waals surface area contributed by atoms with Gasteiger partial charge in [-0.05, 0) is 103 Å². The second-order valence-electron chi connectivity index (χ2n) is 24.9. The highest BCUT2D eigenvalue weighted by atomic mass is 35.5. The molecular weight excluding hydrogens is 1530 g/mol. The van der Waals surface area contributed by atoms with Crippen LogP contribution >= 0.6 is 77.5 Å². The molecule has 3 aliphatic heterocycles. The minimum atomic E-state index is -3.91. The number of aliphatic hydroxyl groups is 4. The largest absolute Gasteiger partial charge is 0.466 e. The lowest BCUT2D eigenvalue weighted by atomic mass is 9.96. The van der Waals surface area contributed by atoms with Gasteiger partial charge in [0.25, 0.3) is 16.7 Å². The lowest BCUT2D eigenvalue weighted by Gasteiger charge is -2.27. The van der Waals surface area contributed by atoms with E-state index in [1.807, 2.05) is 18.8 Å². The van der Waals surface area contributed by atoms with Crippen LogP contribution in [0.2, 0.25) is 0 Å². The van der Waals surface area contributed by atoms with Gasteiger partial charge >= 0.3 is 61.1 Å². The predicted molar refractivity (Wildman–Crippen MR) is 384 cm³/mol. The van der Waals surface area contributed by atoms with Crippen molar-refractivity contribution in [3.8, 4) is 0 Å². The Kier molecular flexibility index (Phi) is 35.6. The number of hydrogen-bond donors (Lipinski definition) is 10. The van der Waals surface area contributed by atoms with E-state index in [1.54, 1.807) is 48.5 Å². The second kappa shape index (κ2) is 40.2. The van der Waals surface area contributed by atoms with Crippen LogP contribution in [0.25, 0.3) is 0 Å². The summed E-state index contributed by atoms with van der Waals surface area (Å²) < 4.78 is 97.8. The number of ether oxygens (including phenoxy) is 7. The van der Waals surface area contributed by atoms with Crippen molar-refractivity contribution in [3.05, 3.63) is 99.3 Å². The Morgan fingerprint density at radius 2 is 0.816 bits per heavy atom. The first-order valence-corrected chi connectivity index (χ1v) is 43.0. The fourth-order valence-corrected chi connectivity index (χ4v) is 21.8. The summed E-state index contributed by atoms with van der Waals surface area (Å²) in [5.41, 5.74) is -6.19. The predicted octanol–water partition coefficient (Wildman–Crippen LogP) is 4.27. The summed E-state index contributed by atoms with van der Waals surface area (Å²) >= 11 is 15.8. The zero-order valence-corrected chi connectivity index (χ0v) is 66.2. The number of nitrogens with one attached hydrogen (secondary N) is 6. The van der Waals surface area contributed by atoms with Crippen LogP contribution in [0.5, 0.6) is 0 Å². The number of hydrogen-bond acceptors (Lipinski definition) is 30. The number of esters is 4. The van der Waals surface area contributed by atoms with Crippen molar-refractivity contribution >= 4 is 101 Å². The number of carbonyl (C=O) groups excluding carboxylic acids is 4. The maximum Gasteiger partial charge on any atom is 0.330 e. The van der Waals surface area contributed by atoms with E-state index in [2.05, 4.69) is 25.2 Å². The standard InChI is InChI=1S/C21H34N3O11PS.2C19H31ClN3O8PS/c1-6-32-16(26)8-10-37-36(31,23-13(4)18(28)34-12(2)3)33-11-14-17(27)21(5,30)19(35-14)24-9-7-15(25)22-20(24)29;2*1-6-9-33-32(28,22-12(4)16(26)30-11(2)3)29-10-13-15(25)19(5,20)17(31-13)23-8-7-14(24)21-18(23)27/h7,9,12-14,17,19,27,30H,6,8,10-11H2,1-5H3,(H,23,31)(H,22,25,29);2*7-8,11-13,15,17,25H,6,9-10H2,1-5H3,(H,22,28)(H,21,24,27)/t13?,14-,17-,19-,21-,36?;12-,13+,15+,17+,19+,32+;12-,13+,15+,17+,19+,32-/m100/s1. The van der Waals surface area contributed by atoms with Gasteiger partial charge in [-0.3, -0.25) is 75.9 Å². The summed E-state index contributed by atoms with van der Waals surface area (Å²) in [6, 6.07) is 0.460. The first kappa shape index (κ1) is 91.1. The zero-order valence-electron chi connectivity index (χ0n) is 59.5. The average molecular weight is 1620 g/mol. The van der Waals surface area contributed by atoms with Gasteiger partial charge in [-0.1, -0.05) is 48.0 Å². The zero-order chi connectivity index (χ0) is 77.9. The third-order valence-corrected chi connectivity index (χ3v) is 28.3. The molecule has 3 aromatic rings. The van der Waals surface area contributed by atoms with Crippen molar-refractivity contribution < 1.29 is 100 Å². The van der Waals surface area contributed by atoms with Crippen LogP contribution in [-0.4, -0.2) is 205 Å². The molecule has 0 radical (unpaired) electrons. The molecule has 3 saturated heterocycles. The lowest BCUT2D eigenvalue weighted by molar-refractivity contribution is -0.149. The van der Waals surface area contributed by atoms with Crippen molar-refractivity contribution in [2.75, 3.05) is 43.7 Å². The highest BCUT2D eigenvalue weighted by molar-refractivity contribution is 8.56. The normalized spacial score (nSPS) is 27.2. The molecule has 0 aliphatic carbocycles. The van der Waals surface area contributed by atoms with Gasteiger partial charge in [0.15, 0.2) is 18.7 Å². The average Bonchev–Trinajstić information content (AvgIpc) is 1.64. The fourth-order valence-electron chi connectivity index (χ4n) is 9.54. The maximum atomic E-state index is 13.6. The molecule has 3 aliphatic rings. The summed E-state index contributed by atoms with van der Waals surface area (Å²) in [7, 11) is 0. The van der Waals surface area contributed by atoms with E-state index in [1.165, 1.54) is 53.9 Å². The van der Waals surface area contributed by atoms with Gasteiger partial charge in [-0.2, -0.15) is 0 Å². The minimum Gasteiger partial charge on any atom is -0.466 e. The quantitative estimate of drug-likeness (QED) is 0.0170. The number of rotatable bonds is 35. The smallest absolute Gasteiger partial charge is 0.330 e. The second-order valence-corrected chi connectivity index (χ2v) is 39.8. The molecule has 0 bridgehead atoms. The fraction of sp³-hybridized carbons (Fsp3) is 0.729. The molecule has 10 N–H and O–H groups in total. The minimum absolute atomic E-state index is 0.0241. The molecule has 2 unspecified atom stereocenters. The number of nitrogens with zero attached hydrogens (tertiary/aromatic N) is 3. The number of H-pyrrole nitrogens is 3.